The Morgan fingerprint density at radius 2 is 1.70 bits per heavy atom. The van der Waals surface area contributed by atoms with E-state index in [1.807, 2.05) is 48.5 Å². The summed E-state index contributed by atoms with van der Waals surface area (Å²) in [6.07, 6.45) is 0.737. The Morgan fingerprint density at radius 1 is 0.900 bits per heavy atom. The third-order valence-corrected chi connectivity index (χ3v) is 6.25. The molecular formula is C22H17N5OS2. The summed E-state index contributed by atoms with van der Waals surface area (Å²) in [7, 11) is 0. The van der Waals surface area contributed by atoms with Crippen LogP contribution < -0.4 is 0 Å². The molecule has 0 aliphatic rings. The van der Waals surface area contributed by atoms with Crippen LogP contribution in [0.4, 0.5) is 0 Å². The van der Waals surface area contributed by atoms with E-state index in [9.17, 15) is 0 Å². The maximum absolute atomic E-state index is 5.41. The summed E-state index contributed by atoms with van der Waals surface area (Å²) in [5, 5.41) is 15.9. The van der Waals surface area contributed by atoms with E-state index >= 15 is 0 Å². The molecule has 30 heavy (non-hydrogen) atoms. The fourth-order valence-corrected chi connectivity index (χ4v) is 4.57. The third-order valence-electron chi connectivity index (χ3n) is 4.45. The molecule has 0 radical (unpaired) electrons. The van der Waals surface area contributed by atoms with Gasteiger partial charge in [0, 0.05) is 22.5 Å². The van der Waals surface area contributed by atoms with Crippen molar-refractivity contribution in [3.05, 3.63) is 94.7 Å². The highest BCUT2D eigenvalue weighted by Gasteiger charge is 2.17. The summed E-state index contributed by atoms with van der Waals surface area (Å²) in [4.78, 5) is 5.76. The summed E-state index contributed by atoms with van der Waals surface area (Å²) in [6.45, 7) is 0. The van der Waals surface area contributed by atoms with Crippen LogP contribution in [-0.4, -0.2) is 24.9 Å². The molecule has 0 saturated heterocycles. The molecule has 0 bridgehead atoms. The molecule has 0 atom stereocenters. The average Bonchev–Trinajstić information content (AvgIpc) is 3.55. The van der Waals surface area contributed by atoms with Crippen molar-refractivity contribution in [2.75, 3.05) is 0 Å². The van der Waals surface area contributed by atoms with Crippen LogP contribution in [0.5, 0.6) is 0 Å². The number of thiophene rings is 1. The lowest BCUT2D eigenvalue weighted by atomic mass is 10.2. The molecule has 0 saturated carbocycles. The summed E-state index contributed by atoms with van der Waals surface area (Å²) in [5.74, 6) is 2.60. The van der Waals surface area contributed by atoms with Crippen molar-refractivity contribution >= 4 is 23.1 Å². The largest absolute Gasteiger partial charge is 0.334 e. The second kappa shape index (κ2) is 8.64. The van der Waals surface area contributed by atoms with Crippen molar-refractivity contribution in [1.29, 1.82) is 0 Å². The van der Waals surface area contributed by atoms with Crippen molar-refractivity contribution in [2.45, 2.75) is 17.3 Å². The number of aromatic nitrogens is 5. The van der Waals surface area contributed by atoms with Crippen LogP contribution in [0.2, 0.25) is 0 Å². The van der Waals surface area contributed by atoms with E-state index in [0.29, 0.717) is 17.5 Å². The summed E-state index contributed by atoms with van der Waals surface area (Å²) >= 11 is 3.27. The summed E-state index contributed by atoms with van der Waals surface area (Å²) in [6, 6.07) is 24.1. The molecule has 0 unspecified atom stereocenters. The van der Waals surface area contributed by atoms with Gasteiger partial charge in [0.2, 0.25) is 0 Å². The lowest BCUT2D eigenvalue weighted by Crippen LogP contribution is -2.03. The van der Waals surface area contributed by atoms with Crippen molar-refractivity contribution in [2.24, 2.45) is 0 Å². The molecule has 3 heterocycles. The highest BCUT2D eigenvalue weighted by atomic mass is 32.2. The Hall–Kier alpha value is -3.23. The van der Waals surface area contributed by atoms with Crippen molar-refractivity contribution in [1.82, 2.24) is 24.9 Å². The molecule has 3 aromatic heterocycles. The first-order valence-corrected chi connectivity index (χ1v) is 11.3. The number of hydrogen-bond acceptors (Lipinski definition) is 7. The van der Waals surface area contributed by atoms with Gasteiger partial charge in [0.1, 0.15) is 5.82 Å². The monoisotopic (exact) mass is 431 g/mol. The maximum Gasteiger partial charge on any atom is 0.257 e. The molecule has 5 rings (SSSR count). The van der Waals surface area contributed by atoms with E-state index in [-0.39, 0.29) is 0 Å². The number of thioether (sulfide) groups is 1. The van der Waals surface area contributed by atoms with Crippen LogP contribution in [0.25, 0.3) is 17.1 Å². The van der Waals surface area contributed by atoms with Crippen LogP contribution >= 0.6 is 23.1 Å². The van der Waals surface area contributed by atoms with Gasteiger partial charge >= 0.3 is 0 Å². The van der Waals surface area contributed by atoms with Gasteiger partial charge in [0.25, 0.3) is 5.89 Å². The normalized spacial score (nSPS) is 11.1. The first kappa shape index (κ1) is 18.8. The quantitative estimate of drug-likeness (QED) is 0.327. The zero-order chi connectivity index (χ0) is 20.2. The highest BCUT2D eigenvalue weighted by Crippen LogP contribution is 2.27. The van der Waals surface area contributed by atoms with E-state index in [1.54, 1.807) is 23.1 Å². The summed E-state index contributed by atoms with van der Waals surface area (Å²) in [5.41, 5.74) is 1.95. The van der Waals surface area contributed by atoms with Crippen molar-refractivity contribution in [3.63, 3.8) is 0 Å². The molecule has 5 aromatic rings. The molecule has 2 aromatic carbocycles. The van der Waals surface area contributed by atoms with Gasteiger partial charge in [-0.1, -0.05) is 59.4 Å². The van der Waals surface area contributed by atoms with Gasteiger partial charge in [0.05, 0.1) is 5.75 Å². The number of benzene rings is 2. The second-order valence-electron chi connectivity index (χ2n) is 6.50. The fourth-order valence-electron chi connectivity index (χ4n) is 3.05. The summed E-state index contributed by atoms with van der Waals surface area (Å²) < 4.78 is 7.51. The predicted octanol–water partition coefficient (Wildman–Crippen LogP) is 5.26. The van der Waals surface area contributed by atoms with Gasteiger partial charge in [-0.15, -0.1) is 21.5 Å². The first-order chi connectivity index (χ1) is 14.9. The van der Waals surface area contributed by atoms with E-state index < -0.39 is 0 Å². The SMILES string of the molecule is c1ccc(-c2nc(CSc3nnc(Cc4cccs4)n3-c3ccccc3)no2)cc1. The standard InChI is InChI=1S/C22H17N5OS2/c1-3-8-16(9-4-1)21-23-19(26-28-21)15-30-22-25-24-20(14-18-12-7-13-29-18)27(22)17-10-5-2-6-11-17/h1-13H,14-15H2. The third kappa shape index (κ3) is 4.05. The average molecular weight is 432 g/mol. The predicted molar refractivity (Wildman–Crippen MR) is 118 cm³/mol. The number of nitrogens with zero attached hydrogens (tertiary/aromatic N) is 5. The topological polar surface area (TPSA) is 69.6 Å². The fraction of sp³-hybridized carbons (Fsp3) is 0.0909. The molecule has 0 fully saturated rings. The number of para-hydroxylation sites is 1. The lowest BCUT2D eigenvalue weighted by Gasteiger charge is -2.09. The molecule has 0 N–H and O–H groups in total. The Kier molecular flexibility index (Phi) is 5.41. The van der Waals surface area contributed by atoms with Gasteiger partial charge < -0.3 is 4.52 Å². The van der Waals surface area contributed by atoms with Crippen molar-refractivity contribution < 1.29 is 4.52 Å². The van der Waals surface area contributed by atoms with Gasteiger partial charge in [-0.05, 0) is 35.7 Å². The van der Waals surface area contributed by atoms with Crippen LogP contribution in [0.15, 0.2) is 87.9 Å². The minimum Gasteiger partial charge on any atom is -0.334 e. The molecule has 0 aliphatic heterocycles. The molecule has 0 aliphatic carbocycles. The molecule has 0 amide bonds. The van der Waals surface area contributed by atoms with Crippen LogP contribution in [0.1, 0.15) is 16.5 Å². The maximum atomic E-state index is 5.41. The van der Waals surface area contributed by atoms with Gasteiger partial charge in [-0.2, -0.15) is 4.98 Å². The van der Waals surface area contributed by atoms with Crippen LogP contribution in [0.3, 0.4) is 0 Å². The minimum atomic E-state index is 0.522. The Morgan fingerprint density at radius 3 is 2.47 bits per heavy atom. The smallest absolute Gasteiger partial charge is 0.257 e. The van der Waals surface area contributed by atoms with E-state index in [4.69, 9.17) is 4.52 Å². The highest BCUT2D eigenvalue weighted by molar-refractivity contribution is 7.98. The minimum absolute atomic E-state index is 0.522. The molecule has 0 spiro atoms. The van der Waals surface area contributed by atoms with Crippen molar-refractivity contribution in [3.8, 4) is 17.1 Å². The Bertz CT molecular complexity index is 1220. The van der Waals surface area contributed by atoms with Crippen LogP contribution in [-0.2, 0) is 12.2 Å². The Balaban J connectivity index is 1.39. The second-order valence-corrected chi connectivity index (χ2v) is 8.47. The van der Waals surface area contributed by atoms with E-state index in [0.717, 1.165) is 28.7 Å². The van der Waals surface area contributed by atoms with Gasteiger partial charge in [-0.3, -0.25) is 4.57 Å². The molecule has 8 heteroatoms. The number of rotatable bonds is 7. The van der Waals surface area contributed by atoms with Gasteiger partial charge in [0.15, 0.2) is 11.0 Å². The van der Waals surface area contributed by atoms with E-state index in [2.05, 4.69) is 54.6 Å². The molecule has 6 nitrogen and oxygen atoms in total. The molecular weight excluding hydrogens is 414 g/mol. The zero-order valence-corrected chi connectivity index (χ0v) is 17.5. The van der Waals surface area contributed by atoms with Crippen LogP contribution in [0, 0.1) is 0 Å². The first-order valence-electron chi connectivity index (χ1n) is 9.40. The lowest BCUT2D eigenvalue weighted by molar-refractivity contribution is 0.425. The number of hydrogen-bond donors (Lipinski definition) is 0. The van der Waals surface area contributed by atoms with E-state index in [1.165, 1.54) is 4.88 Å². The zero-order valence-electron chi connectivity index (χ0n) is 15.9. The Labute approximate surface area is 181 Å². The van der Waals surface area contributed by atoms with Gasteiger partial charge in [-0.25, -0.2) is 0 Å². The molecule has 148 valence electrons.